The Morgan fingerprint density at radius 1 is 0.191 bits per heavy atom. The standard InChI is InChI=1S/2C45H33NO/c1-45(2)40-20-12-11-19-38(40)44(47)39-26-25-34(27-41(39)45)30-21-23-31(24-22-30)36-17-9-10-18-37(36)35-28-42(32-13-5-3-6-14-32)46-43(29-35)33-15-7-4-8-16-33;1-45(2)40-19-10-9-18-38(40)44(47)39-25-24-36(27-41(39)45)35-17-11-16-34(26-35)30-20-22-31(23-21-30)37-28-42(32-12-5-3-6-13-32)46-43(29-37)33-14-7-4-8-15-33/h2*3-29H,1-2H3. The van der Waals surface area contributed by atoms with Crippen molar-refractivity contribution in [3.63, 3.8) is 0 Å². The highest BCUT2D eigenvalue weighted by Crippen LogP contribution is 2.46. The summed E-state index contributed by atoms with van der Waals surface area (Å²) in [6, 6.07) is 114. The van der Waals surface area contributed by atoms with Crippen molar-refractivity contribution in [3.05, 3.63) is 372 Å². The highest BCUT2D eigenvalue weighted by molar-refractivity contribution is 6.14. The van der Waals surface area contributed by atoms with E-state index in [0.29, 0.717) is 0 Å². The third kappa shape index (κ3) is 11.1. The van der Waals surface area contributed by atoms with Crippen LogP contribution in [0.1, 0.15) is 81.8 Å². The average Bonchev–Trinajstić information content (AvgIpc) is 0.744. The lowest BCUT2D eigenvalue weighted by Gasteiger charge is -2.34. The molecular weight excluding hydrogens is 1140 g/mol. The van der Waals surface area contributed by atoms with Crippen LogP contribution in [-0.2, 0) is 10.8 Å². The van der Waals surface area contributed by atoms with E-state index in [1.54, 1.807) is 0 Å². The maximum absolute atomic E-state index is 13.4. The monoisotopic (exact) mass is 1210 g/mol. The van der Waals surface area contributed by atoms with E-state index in [-0.39, 0.29) is 22.4 Å². The van der Waals surface area contributed by atoms with Crippen molar-refractivity contribution < 1.29 is 9.59 Å². The molecule has 2 aliphatic rings. The molecule has 0 N–H and O–H groups in total. The smallest absolute Gasteiger partial charge is 0.193 e. The third-order valence-electron chi connectivity index (χ3n) is 19.0. The first kappa shape index (κ1) is 58.6. The van der Waals surface area contributed by atoms with E-state index in [9.17, 15) is 9.59 Å². The molecule has 4 nitrogen and oxygen atoms in total. The third-order valence-corrected chi connectivity index (χ3v) is 19.0. The van der Waals surface area contributed by atoms with Gasteiger partial charge < -0.3 is 0 Å². The molecule has 0 spiro atoms. The first-order valence-electron chi connectivity index (χ1n) is 32.2. The van der Waals surface area contributed by atoms with Crippen molar-refractivity contribution in [2.45, 2.75) is 38.5 Å². The summed E-state index contributed by atoms with van der Waals surface area (Å²) in [6.45, 7) is 8.86. The summed E-state index contributed by atoms with van der Waals surface area (Å²) in [7, 11) is 0. The molecule has 16 rings (SSSR count). The van der Waals surface area contributed by atoms with Crippen molar-refractivity contribution >= 4 is 11.6 Å². The Labute approximate surface area is 550 Å². The van der Waals surface area contributed by atoms with Gasteiger partial charge in [0.25, 0.3) is 0 Å². The molecule has 2 heterocycles. The van der Waals surface area contributed by atoms with Crippen LogP contribution in [0.15, 0.2) is 328 Å². The van der Waals surface area contributed by atoms with Crippen LogP contribution in [-0.4, -0.2) is 21.5 Å². The van der Waals surface area contributed by atoms with Gasteiger partial charge in [-0.2, -0.15) is 0 Å². The highest BCUT2D eigenvalue weighted by atomic mass is 16.1. The summed E-state index contributed by atoms with van der Waals surface area (Å²) in [5.74, 6) is 0.215. The molecule has 448 valence electrons. The summed E-state index contributed by atoms with van der Waals surface area (Å²) in [6.07, 6.45) is 0. The van der Waals surface area contributed by atoms with E-state index in [1.807, 2.05) is 72.8 Å². The maximum Gasteiger partial charge on any atom is 0.193 e. The summed E-state index contributed by atoms with van der Waals surface area (Å²) in [5.41, 5.74) is 28.8. The number of benzene rings is 12. The largest absolute Gasteiger partial charge is 0.289 e. The number of carbonyl (C=O) groups is 2. The summed E-state index contributed by atoms with van der Waals surface area (Å²) in [4.78, 5) is 36.9. The lowest BCUT2D eigenvalue weighted by Crippen LogP contribution is -2.30. The molecule has 2 aromatic heterocycles. The number of aromatic nitrogens is 2. The Bertz CT molecular complexity index is 5070. The number of pyridine rings is 2. The molecule has 94 heavy (non-hydrogen) atoms. The van der Waals surface area contributed by atoms with E-state index in [2.05, 4.69) is 282 Å². The molecule has 14 aromatic rings. The Kier molecular flexibility index (Phi) is 15.3. The average molecular weight is 1210 g/mol. The minimum Gasteiger partial charge on any atom is -0.289 e. The first-order valence-corrected chi connectivity index (χ1v) is 32.2. The van der Waals surface area contributed by atoms with Crippen molar-refractivity contribution in [1.29, 1.82) is 0 Å². The predicted molar refractivity (Wildman–Crippen MR) is 387 cm³/mol. The van der Waals surface area contributed by atoms with Gasteiger partial charge in [-0.3, -0.25) is 9.59 Å². The van der Waals surface area contributed by atoms with Gasteiger partial charge in [-0.15, -0.1) is 0 Å². The molecule has 0 amide bonds. The SMILES string of the molecule is CC1(C)c2ccccc2C(=O)c2ccc(-c3ccc(-c4ccccc4-c4cc(-c5ccccc5)nc(-c5ccccc5)c4)cc3)cc21.CC1(C)c2ccccc2C(=O)c2ccc(-c3cccc(-c4ccc(-c5cc(-c6ccccc6)nc(-c6ccccc6)c5)cc4)c3)cc21. The van der Waals surface area contributed by atoms with E-state index < -0.39 is 0 Å². The Morgan fingerprint density at radius 2 is 0.457 bits per heavy atom. The number of rotatable bonds is 10. The summed E-state index contributed by atoms with van der Waals surface area (Å²) >= 11 is 0. The fraction of sp³-hybridized carbons (Fsp3) is 0.0667. The Balaban J connectivity index is 0.000000155. The fourth-order valence-corrected chi connectivity index (χ4v) is 13.9. The topological polar surface area (TPSA) is 59.9 Å². The number of fused-ring (bicyclic) bond motifs is 4. The summed E-state index contributed by atoms with van der Waals surface area (Å²) < 4.78 is 0. The zero-order valence-electron chi connectivity index (χ0n) is 52.9. The minimum atomic E-state index is -0.267. The van der Waals surface area contributed by atoms with Gasteiger partial charge in [0.15, 0.2) is 11.6 Å². The highest BCUT2D eigenvalue weighted by Gasteiger charge is 2.38. The first-order chi connectivity index (χ1) is 45.9. The molecule has 0 atom stereocenters. The minimum absolute atomic E-state index is 0.107. The lowest BCUT2D eigenvalue weighted by atomic mass is 9.68. The summed E-state index contributed by atoms with van der Waals surface area (Å²) in [5, 5.41) is 0. The van der Waals surface area contributed by atoms with Crippen LogP contribution in [0.4, 0.5) is 0 Å². The van der Waals surface area contributed by atoms with Gasteiger partial charge in [0.05, 0.1) is 22.8 Å². The maximum atomic E-state index is 13.4. The van der Waals surface area contributed by atoms with Crippen LogP contribution in [0.2, 0.25) is 0 Å². The Hall–Kier alpha value is -11.7. The lowest BCUT2D eigenvalue weighted by molar-refractivity contribution is 0.102. The van der Waals surface area contributed by atoms with Crippen molar-refractivity contribution in [3.8, 4) is 112 Å². The molecule has 4 heteroatoms. The van der Waals surface area contributed by atoms with Gasteiger partial charge in [-0.1, -0.05) is 313 Å². The predicted octanol–water partition coefficient (Wildman–Crippen LogP) is 22.6. The van der Waals surface area contributed by atoms with Gasteiger partial charge in [0.1, 0.15) is 0 Å². The molecule has 0 bridgehead atoms. The van der Waals surface area contributed by atoms with Crippen LogP contribution in [0, 0.1) is 0 Å². The van der Waals surface area contributed by atoms with Crippen molar-refractivity contribution in [2.24, 2.45) is 0 Å². The second kappa shape index (κ2) is 24.5. The van der Waals surface area contributed by atoms with Crippen LogP contribution in [0.25, 0.3) is 112 Å². The molecular formula is C90H66N2O2. The van der Waals surface area contributed by atoms with Crippen LogP contribution >= 0.6 is 0 Å². The van der Waals surface area contributed by atoms with Gasteiger partial charge in [0.2, 0.25) is 0 Å². The zero-order valence-corrected chi connectivity index (χ0v) is 52.9. The molecule has 0 aliphatic heterocycles. The van der Waals surface area contributed by atoms with E-state index in [4.69, 9.17) is 9.97 Å². The molecule has 2 aliphatic carbocycles. The van der Waals surface area contributed by atoms with Crippen molar-refractivity contribution in [1.82, 2.24) is 9.97 Å². The molecule has 0 unspecified atom stereocenters. The van der Waals surface area contributed by atoms with Crippen LogP contribution in [0.5, 0.6) is 0 Å². The van der Waals surface area contributed by atoms with Crippen molar-refractivity contribution in [2.75, 3.05) is 0 Å². The van der Waals surface area contributed by atoms with Crippen LogP contribution in [0.3, 0.4) is 0 Å². The number of carbonyl (C=O) groups excluding carboxylic acids is 2. The van der Waals surface area contributed by atoms with E-state index in [1.165, 1.54) is 0 Å². The Morgan fingerprint density at radius 3 is 0.862 bits per heavy atom. The number of hydrogen-bond donors (Lipinski definition) is 0. The quantitative estimate of drug-likeness (QED) is 0.137. The van der Waals surface area contributed by atoms with Crippen LogP contribution < -0.4 is 0 Å². The second-order valence-electron chi connectivity index (χ2n) is 25.5. The van der Waals surface area contributed by atoms with E-state index in [0.717, 1.165) is 156 Å². The number of ketones is 2. The van der Waals surface area contributed by atoms with E-state index >= 15 is 0 Å². The molecule has 0 saturated carbocycles. The van der Waals surface area contributed by atoms with Gasteiger partial charge in [-0.25, -0.2) is 9.97 Å². The number of nitrogens with zero attached hydrogens (tertiary/aromatic N) is 2. The molecule has 0 radical (unpaired) electrons. The zero-order chi connectivity index (χ0) is 63.9. The van der Waals surface area contributed by atoms with Gasteiger partial charge >= 0.3 is 0 Å². The fourth-order valence-electron chi connectivity index (χ4n) is 13.9. The molecule has 12 aromatic carbocycles. The normalized spacial score (nSPS) is 13.1. The molecule has 0 saturated heterocycles. The second-order valence-corrected chi connectivity index (χ2v) is 25.5. The van der Waals surface area contributed by atoms with Gasteiger partial charge in [-0.05, 0) is 131 Å². The van der Waals surface area contributed by atoms with Gasteiger partial charge in [0, 0.05) is 55.3 Å². The number of hydrogen-bond acceptors (Lipinski definition) is 4. The molecule has 0 fully saturated rings.